The average molecular weight is 302 g/mol. The van der Waals surface area contributed by atoms with Crippen molar-refractivity contribution in [1.29, 1.82) is 0 Å². The van der Waals surface area contributed by atoms with Gasteiger partial charge in [-0.3, -0.25) is 0 Å². The molecule has 0 bridgehead atoms. The lowest BCUT2D eigenvalue weighted by Crippen LogP contribution is -1.97. The molecule has 0 spiro atoms. The Morgan fingerprint density at radius 2 is 1.90 bits per heavy atom. The van der Waals surface area contributed by atoms with Gasteiger partial charge in [0.15, 0.2) is 9.84 Å². The number of fused-ring (bicyclic) bond motifs is 1. The number of hydrogen-bond donors (Lipinski definition) is 1. The second-order valence-corrected chi connectivity index (χ2v) is 6.75. The minimum atomic E-state index is -3.22. The van der Waals surface area contributed by atoms with Crippen LogP contribution in [-0.4, -0.2) is 24.6 Å². The third-order valence-electron chi connectivity index (χ3n) is 3.05. The predicted octanol–water partition coefficient (Wildman–Crippen LogP) is 2.55. The van der Waals surface area contributed by atoms with Crippen LogP contribution in [0.25, 0.3) is 11.0 Å². The van der Waals surface area contributed by atoms with E-state index in [0.717, 1.165) is 5.75 Å². The van der Waals surface area contributed by atoms with Crippen molar-refractivity contribution in [2.75, 3.05) is 6.26 Å². The monoisotopic (exact) mass is 302 g/mol. The quantitative estimate of drug-likeness (QED) is 0.804. The molecule has 0 saturated heterocycles. The molecule has 3 rings (SSSR count). The van der Waals surface area contributed by atoms with E-state index in [1.54, 1.807) is 18.2 Å². The first-order valence-corrected chi connectivity index (χ1v) is 8.28. The fourth-order valence-corrected chi connectivity index (χ4v) is 2.66. The molecule has 0 radical (unpaired) electrons. The highest BCUT2D eigenvalue weighted by Crippen LogP contribution is 2.18. The zero-order valence-corrected chi connectivity index (χ0v) is 12.2. The van der Waals surface area contributed by atoms with E-state index in [-0.39, 0.29) is 4.90 Å². The molecule has 1 heterocycles. The smallest absolute Gasteiger partial charge is 0.175 e. The van der Waals surface area contributed by atoms with Crippen molar-refractivity contribution in [3.63, 3.8) is 0 Å². The molecular formula is C15H14N2O3S. The van der Waals surface area contributed by atoms with Crippen LogP contribution in [0, 0.1) is 0 Å². The zero-order chi connectivity index (χ0) is 14.9. The van der Waals surface area contributed by atoms with Crippen LogP contribution in [0.4, 0.5) is 0 Å². The van der Waals surface area contributed by atoms with E-state index in [2.05, 4.69) is 9.97 Å². The summed E-state index contributed by atoms with van der Waals surface area (Å²) < 4.78 is 28.7. The molecule has 0 aliphatic heterocycles. The van der Waals surface area contributed by atoms with Gasteiger partial charge in [0.1, 0.15) is 18.2 Å². The number of nitrogens with zero attached hydrogens (tertiary/aromatic N) is 1. The lowest BCUT2D eigenvalue weighted by atomic mass is 10.3. The Morgan fingerprint density at radius 1 is 1.14 bits per heavy atom. The van der Waals surface area contributed by atoms with Gasteiger partial charge in [-0.05, 0) is 30.3 Å². The number of rotatable bonds is 4. The molecular weight excluding hydrogens is 288 g/mol. The van der Waals surface area contributed by atoms with Crippen LogP contribution in [0.3, 0.4) is 0 Å². The zero-order valence-electron chi connectivity index (χ0n) is 11.4. The molecule has 0 aliphatic rings. The highest BCUT2D eigenvalue weighted by Gasteiger charge is 2.10. The molecule has 3 aromatic rings. The second kappa shape index (κ2) is 5.21. The summed E-state index contributed by atoms with van der Waals surface area (Å²) >= 11 is 0. The van der Waals surface area contributed by atoms with Crippen molar-refractivity contribution in [2.24, 2.45) is 0 Å². The Labute approximate surface area is 122 Å². The summed E-state index contributed by atoms with van der Waals surface area (Å²) in [6.45, 7) is 0.299. The van der Waals surface area contributed by atoms with Gasteiger partial charge in [-0.25, -0.2) is 13.4 Å². The molecule has 21 heavy (non-hydrogen) atoms. The van der Waals surface area contributed by atoms with Crippen molar-refractivity contribution < 1.29 is 13.2 Å². The number of imidazole rings is 1. The average Bonchev–Trinajstić information content (AvgIpc) is 2.87. The standard InChI is InChI=1S/C15H14N2O3S/c1-21(18,19)12-7-8-13-14(9-12)17-15(16-13)10-20-11-5-3-2-4-6-11/h2-9H,10H2,1H3,(H,16,17). The number of aromatic amines is 1. The number of benzene rings is 2. The van der Waals surface area contributed by atoms with Crippen molar-refractivity contribution in [3.05, 3.63) is 54.4 Å². The SMILES string of the molecule is CS(=O)(=O)c1ccc2nc(COc3ccccc3)[nH]c2c1. The second-order valence-electron chi connectivity index (χ2n) is 4.74. The molecule has 5 nitrogen and oxygen atoms in total. The molecule has 0 amide bonds. The van der Waals surface area contributed by atoms with E-state index in [4.69, 9.17) is 4.74 Å². The van der Waals surface area contributed by atoms with E-state index < -0.39 is 9.84 Å². The van der Waals surface area contributed by atoms with Crippen molar-refractivity contribution in [1.82, 2.24) is 9.97 Å². The summed E-state index contributed by atoms with van der Waals surface area (Å²) in [5.74, 6) is 1.41. The van der Waals surface area contributed by atoms with Crippen LogP contribution in [0.2, 0.25) is 0 Å². The first kappa shape index (κ1) is 13.6. The number of hydrogen-bond acceptors (Lipinski definition) is 4. The molecule has 108 valence electrons. The Balaban J connectivity index is 1.84. The van der Waals surface area contributed by atoms with Crippen LogP contribution < -0.4 is 4.74 Å². The summed E-state index contributed by atoms with van der Waals surface area (Å²) in [6, 6.07) is 14.3. The largest absolute Gasteiger partial charge is 0.486 e. The van der Waals surface area contributed by atoms with E-state index in [0.29, 0.717) is 23.5 Å². The first-order chi connectivity index (χ1) is 10.0. The van der Waals surface area contributed by atoms with Gasteiger partial charge in [0, 0.05) is 6.26 Å². The van der Waals surface area contributed by atoms with Gasteiger partial charge in [-0.1, -0.05) is 18.2 Å². The van der Waals surface area contributed by atoms with Crippen LogP contribution >= 0.6 is 0 Å². The van der Waals surface area contributed by atoms with Crippen LogP contribution in [0.15, 0.2) is 53.4 Å². The van der Waals surface area contributed by atoms with Crippen molar-refractivity contribution in [3.8, 4) is 5.75 Å². The Bertz CT molecular complexity index is 870. The Morgan fingerprint density at radius 3 is 2.62 bits per heavy atom. The van der Waals surface area contributed by atoms with Gasteiger partial charge < -0.3 is 9.72 Å². The molecule has 0 aliphatic carbocycles. The Hall–Kier alpha value is -2.34. The van der Waals surface area contributed by atoms with Gasteiger partial charge in [0.05, 0.1) is 15.9 Å². The summed E-state index contributed by atoms with van der Waals surface area (Å²) in [7, 11) is -3.22. The molecule has 1 N–H and O–H groups in total. The van der Waals surface area contributed by atoms with E-state index in [9.17, 15) is 8.42 Å². The number of nitrogens with one attached hydrogen (secondary N) is 1. The van der Waals surface area contributed by atoms with Crippen LogP contribution in [0.5, 0.6) is 5.75 Å². The maximum Gasteiger partial charge on any atom is 0.175 e. The lowest BCUT2D eigenvalue weighted by Gasteiger charge is -2.02. The van der Waals surface area contributed by atoms with Gasteiger partial charge in [-0.2, -0.15) is 0 Å². The number of sulfone groups is 1. The van der Waals surface area contributed by atoms with Crippen molar-refractivity contribution in [2.45, 2.75) is 11.5 Å². The highest BCUT2D eigenvalue weighted by molar-refractivity contribution is 7.90. The molecule has 0 atom stereocenters. The third-order valence-corrected chi connectivity index (χ3v) is 4.16. The number of para-hydroxylation sites is 1. The summed E-state index contributed by atoms with van der Waals surface area (Å²) in [4.78, 5) is 7.73. The molecule has 2 aromatic carbocycles. The highest BCUT2D eigenvalue weighted by atomic mass is 32.2. The van der Waals surface area contributed by atoms with Gasteiger partial charge in [-0.15, -0.1) is 0 Å². The summed E-state index contributed by atoms with van der Waals surface area (Å²) in [6.07, 6.45) is 1.18. The predicted molar refractivity (Wildman–Crippen MR) is 80.0 cm³/mol. The molecule has 6 heteroatoms. The molecule has 0 fully saturated rings. The van der Waals surface area contributed by atoms with Crippen LogP contribution in [0.1, 0.15) is 5.82 Å². The molecule has 1 aromatic heterocycles. The minimum Gasteiger partial charge on any atom is -0.486 e. The van der Waals surface area contributed by atoms with Gasteiger partial charge in [0.25, 0.3) is 0 Å². The van der Waals surface area contributed by atoms with Crippen LogP contribution in [-0.2, 0) is 16.4 Å². The lowest BCUT2D eigenvalue weighted by molar-refractivity contribution is 0.297. The number of aromatic nitrogens is 2. The summed E-state index contributed by atoms with van der Waals surface area (Å²) in [5, 5.41) is 0. The van der Waals surface area contributed by atoms with Gasteiger partial charge >= 0.3 is 0 Å². The number of H-pyrrole nitrogens is 1. The van der Waals surface area contributed by atoms with E-state index in [1.807, 2.05) is 30.3 Å². The fraction of sp³-hybridized carbons (Fsp3) is 0.133. The normalized spacial score (nSPS) is 11.7. The maximum atomic E-state index is 11.5. The van der Waals surface area contributed by atoms with E-state index >= 15 is 0 Å². The molecule has 0 saturated carbocycles. The number of ether oxygens (including phenoxy) is 1. The summed E-state index contributed by atoms with van der Waals surface area (Å²) in [5.41, 5.74) is 1.40. The minimum absolute atomic E-state index is 0.272. The fourth-order valence-electron chi connectivity index (χ4n) is 2.01. The third kappa shape index (κ3) is 3.05. The first-order valence-electron chi connectivity index (χ1n) is 6.39. The Kier molecular flexibility index (Phi) is 3.39. The van der Waals surface area contributed by atoms with E-state index in [1.165, 1.54) is 6.26 Å². The maximum absolute atomic E-state index is 11.5. The topological polar surface area (TPSA) is 72.1 Å². The van der Waals surface area contributed by atoms with Crippen molar-refractivity contribution >= 4 is 20.9 Å². The van der Waals surface area contributed by atoms with Gasteiger partial charge in [0.2, 0.25) is 0 Å². The molecule has 0 unspecified atom stereocenters.